The summed E-state index contributed by atoms with van der Waals surface area (Å²) in [5.41, 5.74) is 0.647. The molecule has 1 aromatic rings. The molecule has 2 nitrogen and oxygen atoms in total. The number of benzene rings is 1. The van der Waals surface area contributed by atoms with Crippen molar-refractivity contribution in [2.75, 3.05) is 18.1 Å². The Kier molecular flexibility index (Phi) is 7.45. The minimum atomic E-state index is -0.206. The van der Waals surface area contributed by atoms with Gasteiger partial charge in [-0.05, 0) is 11.6 Å². The minimum Gasteiger partial charge on any atom is -0.355 e. The van der Waals surface area contributed by atoms with E-state index < -0.39 is 0 Å². The van der Waals surface area contributed by atoms with Gasteiger partial charge < -0.3 is 5.32 Å². The maximum Gasteiger partial charge on any atom is 0.230 e. The molecule has 0 spiro atoms. The Bertz CT molecular complexity index is 432. The molecule has 1 rings (SSSR count). The second-order valence-electron chi connectivity index (χ2n) is 5.39. The van der Waals surface area contributed by atoms with Gasteiger partial charge in [0.1, 0.15) is 5.82 Å². The predicted molar refractivity (Wildman–Crippen MR) is 87.8 cm³/mol. The zero-order valence-electron chi connectivity index (χ0n) is 12.2. The number of amides is 1. The molecule has 0 bridgehead atoms. The number of hydrogen-bond acceptors (Lipinski definition) is 3. The van der Waals surface area contributed by atoms with Gasteiger partial charge >= 0.3 is 0 Å². The Balaban J connectivity index is 2.13. The SMILES string of the molecule is CC(C)(C)SCCNC(=O)CSCc1ccccc1F. The molecule has 5 heteroatoms. The van der Waals surface area contributed by atoms with Crippen molar-refractivity contribution in [2.24, 2.45) is 0 Å². The van der Waals surface area contributed by atoms with Crippen LogP contribution in [0, 0.1) is 5.82 Å². The summed E-state index contributed by atoms with van der Waals surface area (Å²) in [6.45, 7) is 7.15. The summed E-state index contributed by atoms with van der Waals surface area (Å²) in [6.07, 6.45) is 0. The molecular weight excluding hydrogens is 293 g/mol. The summed E-state index contributed by atoms with van der Waals surface area (Å²) < 4.78 is 13.6. The van der Waals surface area contributed by atoms with Crippen LogP contribution in [0.15, 0.2) is 24.3 Å². The van der Waals surface area contributed by atoms with E-state index in [0.717, 1.165) is 5.75 Å². The third kappa shape index (κ3) is 7.80. The van der Waals surface area contributed by atoms with Crippen LogP contribution in [-0.4, -0.2) is 28.7 Å². The molecule has 0 atom stereocenters. The lowest BCUT2D eigenvalue weighted by Crippen LogP contribution is -2.28. The number of thioether (sulfide) groups is 2. The van der Waals surface area contributed by atoms with Crippen LogP contribution in [0.4, 0.5) is 4.39 Å². The standard InChI is InChI=1S/C15H22FNOS2/c1-15(2,3)20-9-8-17-14(18)11-19-10-12-6-4-5-7-13(12)16/h4-7H,8-11H2,1-3H3,(H,17,18). The smallest absolute Gasteiger partial charge is 0.230 e. The largest absolute Gasteiger partial charge is 0.355 e. The van der Waals surface area contributed by atoms with Crippen molar-refractivity contribution < 1.29 is 9.18 Å². The van der Waals surface area contributed by atoms with Crippen LogP contribution in [0.1, 0.15) is 26.3 Å². The average Bonchev–Trinajstić information content (AvgIpc) is 2.36. The fraction of sp³-hybridized carbons (Fsp3) is 0.533. The van der Waals surface area contributed by atoms with E-state index >= 15 is 0 Å². The first-order chi connectivity index (χ1) is 9.38. The van der Waals surface area contributed by atoms with Crippen molar-refractivity contribution in [3.8, 4) is 0 Å². The van der Waals surface area contributed by atoms with Crippen molar-refractivity contribution in [1.29, 1.82) is 0 Å². The fourth-order valence-electron chi connectivity index (χ4n) is 1.47. The first-order valence-corrected chi connectivity index (χ1v) is 8.74. The average molecular weight is 315 g/mol. The van der Waals surface area contributed by atoms with Gasteiger partial charge in [0.25, 0.3) is 0 Å². The van der Waals surface area contributed by atoms with Crippen molar-refractivity contribution in [3.63, 3.8) is 0 Å². The van der Waals surface area contributed by atoms with E-state index in [-0.39, 0.29) is 16.5 Å². The first kappa shape index (κ1) is 17.4. The van der Waals surface area contributed by atoms with Gasteiger partial charge in [0, 0.05) is 22.8 Å². The zero-order chi connectivity index (χ0) is 15.0. The molecule has 1 N–H and O–H groups in total. The highest BCUT2D eigenvalue weighted by atomic mass is 32.2. The van der Waals surface area contributed by atoms with Crippen LogP contribution in [0.2, 0.25) is 0 Å². The van der Waals surface area contributed by atoms with Crippen molar-refractivity contribution in [2.45, 2.75) is 31.3 Å². The molecule has 0 aliphatic rings. The Morgan fingerprint density at radius 2 is 2.00 bits per heavy atom. The third-order valence-electron chi connectivity index (χ3n) is 2.41. The fourth-order valence-corrected chi connectivity index (χ4v) is 3.13. The molecule has 0 heterocycles. The van der Waals surface area contributed by atoms with E-state index in [1.165, 1.54) is 17.8 Å². The van der Waals surface area contributed by atoms with Crippen molar-refractivity contribution >= 4 is 29.4 Å². The van der Waals surface area contributed by atoms with E-state index in [1.54, 1.807) is 12.1 Å². The zero-order valence-corrected chi connectivity index (χ0v) is 13.9. The number of hydrogen-bond donors (Lipinski definition) is 1. The van der Waals surface area contributed by atoms with E-state index in [2.05, 4.69) is 26.1 Å². The van der Waals surface area contributed by atoms with Crippen LogP contribution in [0.5, 0.6) is 0 Å². The van der Waals surface area contributed by atoms with Gasteiger partial charge in [-0.3, -0.25) is 4.79 Å². The summed E-state index contributed by atoms with van der Waals surface area (Å²) >= 11 is 3.26. The normalized spacial score (nSPS) is 11.4. The minimum absolute atomic E-state index is 0.0147. The number of rotatable bonds is 7. The van der Waals surface area contributed by atoms with Gasteiger partial charge in [-0.25, -0.2) is 4.39 Å². The Morgan fingerprint density at radius 1 is 1.30 bits per heavy atom. The number of nitrogens with one attached hydrogen (secondary N) is 1. The highest BCUT2D eigenvalue weighted by molar-refractivity contribution is 8.00. The number of carbonyl (C=O) groups is 1. The summed E-state index contributed by atoms with van der Waals surface area (Å²) in [7, 11) is 0. The van der Waals surface area contributed by atoms with Gasteiger partial charge in [-0.1, -0.05) is 39.0 Å². The Labute approximate surface area is 129 Å². The highest BCUT2D eigenvalue weighted by Crippen LogP contribution is 2.22. The lowest BCUT2D eigenvalue weighted by Gasteiger charge is -2.17. The summed E-state index contributed by atoms with van der Waals surface area (Å²) in [5.74, 6) is 1.61. The van der Waals surface area contributed by atoms with E-state index in [9.17, 15) is 9.18 Å². The maximum absolute atomic E-state index is 13.4. The molecule has 0 saturated heterocycles. The molecule has 0 aliphatic heterocycles. The maximum atomic E-state index is 13.4. The van der Waals surface area contributed by atoms with Crippen LogP contribution >= 0.6 is 23.5 Å². The molecule has 0 radical (unpaired) electrons. The number of carbonyl (C=O) groups excluding carboxylic acids is 1. The molecule has 0 saturated carbocycles. The second kappa shape index (κ2) is 8.57. The van der Waals surface area contributed by atoms with Crippen LogP contribution in [-0.2, 0) is 10.5 Å². The molecular formula is C15H22FNOS2. The van der Waals surface area contributed by atoms with Crippen molar-refractivity contribution in [1.82, 2.24) is 5.32 Å². The van der Waals surface area contributed by atoms with Gasteiger partial charge in [0.2, 0.25) is 5.91 Å². The molecule has 20 heavy (non-hydrogen) atoms. The summed E-state index contributed by atoms with van der Waals surface area (Å²) in [4.78, 5) is 11.6. The van der Waals surface area contributed by atoms with Crippen molar-refractivity contribution in [3.05, 3.63) is 35.6 Å². The van der Waals surface area contributed by atoms with Gasteiger partial charge in [-0.15, -0.1) is 11.8 Å². The van der Waals surface area contributed by atoms with Crippen LogP contribution in [0.25, 0.3) is 0 Å². The van der Waals surface area contributed by atoms with E-state index in [1.807, 2.05) is 17.8 Å². The molecule has 112 valence electrons. The highest BCUT2D eigenvalue weighted by Gasteiger charge is 2.10. The quantitative estimate of drug-likeness (QED) is 0.778. The predicted octanol–water partition coefficient (Wildman–Crippen LogP) is 3.71. The van der Waals surface area contributed by atoms with Crippen LogP contribution < -0.4 is 5.32 Å². The molecule has 1 amide bonds. The van der Waals surface area contributed by atoms with Crippen LogP contribution in [0.3, 0.4) is 0 Å². The third-order valence-corrected chi connectivity index (χ3v) is 4.66. The Morgan fingerprint density at radius 3 is 2.65 bits per heavy atom. The second-order valence-corrected chi connectivity index (χ2v) is 8.30. The molecule has 0 unspecified atom stereocenters. The lowest BCUT2D eigenvalue weighted by atomic mass is 10.2. The lowest BCUT2D eigenvalue weighted by molar-refractivity contribution is -0.118. The van der Waals surface area contributed by atoms with E-state index in [4.69, 9.17) is 0 Å². The molecule has 0 fully saturated rings. The molecule has 0 aromatic heterocycles. The summed E-state index contributed by atoms with van der Waals surface area (Å²) in [5, 5.41) is 2.88. The monoisotopic (exact) mass is 315 g/mol. The van der Waals surface area contributed by atoms with E-state index in [0.29, 0.717) is 23.6 Å². The topological polar surface area (TPSA) is 29.1 Å². The summed E-state index contributed by atoms with van der Waals surface area (Å²) in [6, 6.07) is 6.67. The van der Waals surface area contributed by atoms with Gasteiger partial charge in [0.15, 0.2) is 0 Å². The Hall–Kier alpha value is -0.680. The number of halogens is 1. The first-order valence-electron chi connectivity index (χ1n) is 6.60. The molecule has 0 aliphatic carbocycles. The van der Waals surface area contributed by atoms with Gasteiger partial charge in [0.05, 0.1) is 5.75 Å². The molecule has 1 aromatic carbocycles. The van der Waals surface area contributed by atoms with Gasteiger partial charge in [-0.2, -0.15) is 11.8 Å².